The third-order valence-electron chi connectivity index (χ3n) is 3.92. The second kappa shape index (κ2) is 7.42. The largest absolute Gasteiger partial charge is 0.391 e. The van der Waals surface area contributed by atoms with E-state index in [1.54, 1.807) is 18.3 Å². The predicted molar refractivity (Wildman–Crippen MR) is 95.0 cm³/mol. The lowest BCUT2D eigenvalue weighted by molar-refractivity contribution is 0.0852. The average Bonchev–Trinajstić information content (AvgIpc) is 3.26. The first-order chi connectivity index (χ1) is 11.6. The Bertz CT molecular complexity index is 784. The number of aliphatic hydroxyl groups excluding tert-OH is 1. The standard InChI is InChI=1S/C18H19N3O2S/c1-12(16(22)9-13-5-3-2-4-6-13)20-18(23)15-10-19-21-17(15)14-7-8-24-11-14/h2-8,10-12,16,22H,9H2,1H3,(H,19,21)(H,20,23)/t12-,16-/m1/s1. The van der Waals surface area contributed by atoms with Crippen LogP contribution < -0.4 is 5.32 Å². The number of amides is 1. The van der Waals surface area contributed by atoms with E-state index >= 15 is 0 Å². The third-order valence-corrected chi connectivity index (χ3v) is 4.60. The molecule has 0 saturated heterocycles. The highest BCUT2D eigenvalue weighted by Crippen LogP contribution is 2.23. The van der Waals surface area contributed by atoms with Crippen molar-refractivity contribution in [3.8, 4) is 11.3 Å². The van der Waals surface area contributed by atoms with E-state index in [2.05, 4.69) is 15.5 Å². The minimum atomic E-state index is -0.659. The van der Waals surface area contributed by atoms with Crippen molar-refractivity contribution in [2.75, 3.05) is 0 Å². The lowest BCUT2D eigenvalue weighted by Crippen LogP contribution is -2.42. The number of nitrogens with one attached hydrogen (secondary N) is 2. The molecule has 3 aromatic rings. The van der Waals surface area contributed by atoms with Gasteiger partial charge in [0.05, 0.1) is 29.6 Å². The van der Waals surface area contributed by atoms with Gasteiger partial charge in [0, 0.05) is 17.4 Å². The summed E-state index contributed by atoms with van der Waals surface area (Å²) in [6.07, 6.45) is 1.34. The zero-order chi connectivity index (χ0) is 16.9. The maximum absolute atomic E-state index is 12.5. The molecule has 0 aliphatic rings. The molecular weight excluding hydrogens is 322 g/mol. The quantitative estimate of drug-likeness (QED) is 0.645. The molecule has 124 valence electrons. The number of hydrogen-bond donors (Lipinski definition) is 3. The van der Waals surface area contributed by atoms with E-state index in [9.17, 15) is 9.90 Å². The summed E-state index contributed by atoms with van der Waals surface area (Å²) >= 11 is 1.56. The van der Waals surface area contributed by atoms with E-state index in [1.165, 1.54) is 6.20 Å². The van der Waals surface area contributed by atoms with Crippen LogP contribution in [0.25, 0.3) is 11.3 Å². The smallest absolute Gasteiger partial charge is 0.255 e. The van der Waals surface area contributed by atoms with Crippen molar-refractivity contribution >= 4 is 17.2 Å². The molecule has 2 aromatic heterocycles. The number of H-pyrrole nitrogens is 1. The maximum Gasteiger partial charge on any atom is 0.255 e. The van der Waals surface area contributed by atoms with E-state index < -0.39 is 6.10 Å². The molecule has 0 bridgehead atoms. The Morgan fingerprint density at radius 2 is 2.12 bits per heavy atom. The summed E-state index contributed by atoms with van der Waals surface area (Å²) in [6.45, 7) is 1.80. The normalized spacial score (nSPS) is 13.4. The number of thiophene rings is 1. The van der Waals surface area contributed by atoms with Crippen molar-refractivity contribution in [3.05, 3.63) is 64.5 Å². The highest BCUT2D eigenvalue weighted by molar-refractivity contribution is 7.08. The van der Waals surface area contributed by atoms with E-state index in [0.29, 0.717) is 17.7 Å². The van der Waals surface area contributed by atoms with Gasteiger partial charge in [-0.05, 0) is 23.9 Å². The van der Waals surface area contributed by atoms with Crippen LogP contribution in [0.3, 0.4) is 0 Å². The SMILES string of the molecule is C[C@@H](NC(=O)c1cn[nH]c1-c1ccsc1)[C@H](O)Cc1ccccc1. The first-order valence-corrected chi connectivity index (χ1v) is 8.68. The Morgan fingerprint density at radius 3 is 2.83 bits per heavy atom. The zero-order valence-electron chi connectivity index (χ0n) is 13.3. The molecule has 2 heterocycles. The molecule has 5 nitrogen and oxygen atoms in total. The molecule has 0 fully saturated rings. The number of aromatic nitrogens is 2. The van der Waals surface area contributed by atoms with Crippen LogP contribution in [0.5, 0.6) is 0 Å². The first-order valence-electron chi connectivity index (χ1n) is 7.74. The number of carbonyl (C=O) groups excluding carboxylic acids is 1. The number of carbonyl (C=O) groups is 1. The van der Waals surface area contributed by atoms with Gasteiger partial charge in [0.25, 0.3) is 5.91 Å². The fraction of sp³-hybridized carbons (Fsp3) is 0.222. The van der Waals surface area contributed by atoms with E-state index in [0.717, 1.165) is 11.1 Å². The van der Waals surface area contributed by atoms with Gasteiger partial charge in [0.2, 0.25) is 0 Å². The summed E-state index contributed by atoms with van der Waals surface area (Å²) in [5.74, 6) is -0.246. The number of aliphatic hydroxyl groups is 1. The third kappa shape index (κ3) is 3.72. The molecule has 24 heavy (non-hydrogen) atoms. The summed E-state index contributed by atoms with van der Waals surface area (Å²) in [7, 11) is 0. The molecule has 0 aliphatic carbocycles. The predicted octanol–water partition coefficient (Wildman–Crippen LogP) is 2.86. The monoisotopic (exact) mass is 341 g/mol. The van der Waals surface area contributed by atoms with E-state index in [-0.39, 0.29) is 11.9 Å². The second-order valence-electron chi connectivity index (χ2n) is 5.69. The number of benzene rings is 1. The van der Waals surface area contributed by atoms with Gasteiger partial charge in [-0.2, -0.15) is 16.4 Å². The Kier molecular flexibility index (Phi) is 5.08. The Hall–Kier alpha value is -2.44. The minimum Gasteiger partial charge on any atom is -0.391 e. The van der Waals surface area contributed by atoms with Gasteiger partial charge in [-0.15, -0.1) is 0 Å². The summed E-state index contributed by atoms with van der Waals surface area (Å²) in [5, 5.41) is 23.9. The van der Waals surface area contributed by atoms with Gasteiger partial charge in [-0.25, -0.2) is 0 Å². The number of hydrogen-bond acceptors (Lipinski definition) is 4. The Morgan fingerprint density at radius 1 is 1.33 bits per heavy atom. The lowest BCUT2D eigenvalue weighted by atomic mass is 10.0. The van der Waals surface area contributed by atoms with Crippen molar-refractivity contribution in [1.29, 1.82) is 0 Å². The molecule has 0 spiro atoms. The lowest BCUT2D eigenvalue weighted by Gasteiger charge is -2.20. The highest BCUT2D eigenvalue weighted by Gasteiger charge is 2.21. The van der Waals surface area contributed by atoms with Gasteiger partial charge >= 0.3 is 0 Å². The topological polar surface area (TPSA) is 78.0 Å². The second-order valence-corrected chi connectivity index (χ2v) is 6.47. The van der Waals surface area contributed by atoms with Crippen LogP contribution in [0.4, 0.5) is 0 Å². The van der Waals surface area contributed by atoms with Crippen molar-refractivity contribution in [3.63, 3.8) is 0 Å². The fourth-order valence-electron chi connectivity index (χ4n) is 2.50. The van der Waals surface area contributed by atoms with Crippen LogP contribution in [0, 0.1) is 0 Å². The van der Waals surface area contributed by atoms with Crippen LogP contribution in [0.2, 0.25) is 0 Å². The summed E-state index contributed by atoms with van der Waals surface area (Å²) in [5.41, 5.74) is 3.14. The highest BCUT2D eigenvalue weighted by atomic mass is 32.1. The van der Waals surface area contributed by atoms with Gasteiger partial charge in [0.1, 0.15) is 0 Å². The van der Waals surface area contributed by atoms with Gasteiger partial charge in [-0.3, -0.25) is 9.89 Å². The van der Waals surface area contributed by atoms with Crippen LogP contribution >= 0.6 is 11.3 Å². The fourth-order valence-corrected chi connectivity index (χ4v) is 3.14. The van der Waals surface area contributed by atoms with Crippen molar-refractivity contribution in [2.45, 2.75) is 25.5 Å². The molecule has 1 amide bonds. The maximum atomic E-state index is 12.5. The zero-order valence-corrected chi connectivity index (χ0v) is 14.1. The minimum absolute atomic E-state index is 0.246. The van der Waals surface area contributed by atoms with Crippen LogP contribution in [-0.4, -0.2) is 33.4 Å². The molecule has 2 atom stereocenters. The number of nitrogens with zero attached hydrogens (tertiary/aromatic N) is 1. The molecule has 3 N–H and O–H groups in total. The average molecular weight is 341 g/mol. The Balaban J connectivity index is 1.65. The first kappa shape index (κ1) is 16.4. The van der Waals surface area contributed by atoms with Crippen LogP contribution in [0.1, 0.15) is 22.8 Å². The summed E-state index contributed by atoms with van der Waals surface area (Å²) in [4.78, 5) is 12.5. The van der Waals surface area contributed by atoms with E-state index in [1.807, 2.05) is 47.2 Å². The van der Waals surface area contributed by atoms with Crippen molar-refractivity contribution in [1.82, 2.24) is 15.5 Å². The summed E-state index contributed by atoms with van der Waals surface area (Å²) in [6, 6.07) is 11.3. The number of rotatable bonds is 6. The van der Waals surface area contributed by atoms with Crippen molar-refractivity contribution < 1.29 is 9.90 Å². The molecule has 0 radical (unpaired) electrons. The number of aromatic amines is 1. The molecule has 0 unspecified atom stereocenters. The molecule has 0 saturated carbocycles. The molecule has 1 aromatic carbocycles. The van der Waals surface area contributed by atoms with Gasteiger partial charge in [-0.1, -0.05) is 30.3 Å². The Labute approximate surface area is 144 Å². The van der Waals surface area contributed by atoms with Crippen LogP contribution in [0.15, 0.2) is 53.4 Å². The molecular formula is C18H19N3O2S. The van der Waals surface area contributed by atoms with Gasteiger partial charge in [0.15, 0.2) is 0 Å². The van der Waals surface area contributed by atoms with Crippen LogP contribution in [-0.2, 0) is 6.42 Å². The van der Waals surface area contributed by atoms with Crippen molar-refractivity contribution in [2.24, 2.45) is 0 Å². The van der Waals surface area contributed by atoms with E-state index in [4.69, 9.17) is 0 Å². The molecule has 6 heteroatoms. The molecule has 0 aliphatic heterocycles. The molecule has 3 rings (SSSR count). The van der Waals surface area contributed by atoms with Gasteiger partial charge < -0.3 is 10.4 Å². The summed E-state index contributed by atoms with van der Waals surface area (Å²) < 4.78 is 0.